The van der Waals surface area contributed by atoms with E-state index in [4.69, 9.17) is 4.74 Å². The van der Waals surface area contributed by atoms with Crippen LogP contribution in [0.5, 0.6) is 5.75 Å². The van der Waals surface area contributed by atoms with Crippen molar-refractivity contribution in [1.82, 2.24) is 0 Å². The van der Waals surface area contributed by atoms with E-state index in [-0.39, 0.29) is 10.5 Å². The molecule has 0 unspecified atom stereocenters. The third-order valence-corrected chi connectivity index (χ3v) is 5.25. The standard InChI is InChI=1S/C20H17FN2O4S/c1-27-18-9-7-16(8-10-18)23-28(25,26)19-11-5-14(6-12-19)20(24)22-17-4-2-3-15(21)13-17/h2-13,23H,1H3,(H,22,24). The highest BCUT2D eigenvalue weighted by molar-refractivity contribution is 7.92. The second-order valence-electron chi connectivity index (χ2n) is 5.82. The van der Waals surface area contributed by atoms with Gasteiger partial charge in [0.2, 0.25) is 0 Å². The lowest BCUT2D eigenvalue weighted by atomic mass is 10.2. The highest BCUT2D eigenvalue weighted by Crippen LogP contribution is 2.20. The van der Waals surface area contributed by atoms with Crippen LogP contribution in [0, 0.1) is 5.82 Å². The molecule has 0 aliphatic heterocycles. The molecule has 2 N–H and O–H groups in total. The molecule has 0 saturated heterocycles. The van der Waals surface area contributed by atoms with Gasteiger partial charge in [0.1, 0.15) is 11.6 Å². The van der Waals surface area contributed by atoms with Gasteiger partial charge in [0, 0.05) is 16.9 Å². The summed E-state index contributed by atoms with van der Waals surface area (Å²) in [4.78, 5) is 12.2. The molecule has 0 spiro atoms. The Morgan fingerprint density at radius 1 is 0.929 bits per heavy atom. The maximum Gasteiger partial charge on any atom is 0.261 e. The quantitative estimate of drug-likeness (QED) is 0.658. The first kappa shape index (κ1) is 19.4. The first-order chi connectivity index (χ1) is 13.4. The molecular weight excluding hydrogens is 383 g/mol. The van der Waals surface area contributed by atoms with Crippen molar-refractivity contribution in [3.05, 3.63) is 84.2 Å². The van der Waals surface area contributed by atoms with Gasteiger partial charge < -0.3 is 10.1 Å². The minimum atomic E-state index is -3.81. The first-order valence-electron chi connectivity index (χ1n) is 8.21. The van der Waals surface area contributed by atoms with Crippen molar-refractivity contribution in [3.8, 4) is 5.75 Å². The van der Waals surface area contributed by atoms with Gasteiger partial charge in [-0.3, -0.25) is 9.52 Å². The smallest absolute Gasteiger partial charge is 0.261 e. The molecule has 8 heteroatoms. The fourth-order valence-corrected chi connectivity index (χ4v) is 3.49. The molecule has 6 nitrogen and oxygen atoms in total. The van der Waals surface area contributed by atoms with E-state index in [0.717, 1.165) is 0 Å². The number of anilines is 2. The number of hydrogen-bond donors (Lipinski definition) is 2. The highest BCUT2D eigenvalue weighted by atomic mass is 32.2. The number of carbonyl (C=O) groups excluding carboxylic acids is 1. The number of methoxy groups -OCH3 is 1. The van der Waals surface area contributed by atoms with Crippen LogP contribution in [0.4, 0.5) is 15.8 Å². The summed E-state index contributed by atoms with van der Waals surface area (Å²) in [5.41, 5.74) is 0.934. The molecule has 0 aliphatic rings. The number of benzene rings is 3. The highest BCUT2D eigenvalue weighted by Gasteiger charge is 2.15. The molecule has 0 saturated carbocycles. The van der Waals surface area contributed by atoms with Crippen molar-refractivity contribution in [2.75, 3.05) is 17.1 Å². The number of amides is 1. The van der Waals surface area contributed by atoms with Crippen LogP contribution in [-0.2, 0) is 10.0 Å². The van der Waals surface area contributed by atoms with Crippen LogP contribution in [-0.4, -0.2) is 21.4 Å². The second kappa shape index (κ2) is 8.10. The first-order valence-corrected chi connectivity index (χ1v) is 9.69. The van der Waals surface area contributed by atoms with Crippen LogP contribution in [0.1, 0.15) is 10.4 Å². The number of hydrogen-bond acceptors (Lipinski definition) is 4. The molecule has 3 aromatic carbocycles. The van der Waals surface area contributed by atoms with Crippen molar-refractivity contribution in [3.63, 3.8) is 0 Å². The molecule has 3 aromatic rings. The van der Waals surface area contributed by atoms with E-state index in [1.54, 1.807) is 30.3 Å². The maximum absolute atomic E-state index is 13.2. The molecule has 28 heavy (non-hydrogen) atoms. The lowest BCUT2D eigenvalue weighted by Crippen LogP contribution is -2.15. The number of nitrogens with one attached hydrogen (secondary N) is 2. The van der Waals surface area contributed by atoms with Gasteiger partial charge in [0.05, 0.1) is 12.0 Å². The van der Waals surface area contributed by atoms with Crippen LogP contribution >= 0.6 is 0 Å². The molecule has 0 fully saturated rings. The average molecular weight is 400 g/mol. The molecule has 0 bridgehead atoms. The minimum absolute atomic E-state index is 0.00521. The number of rotatable bonds is 6. The summed E-state index contributed by atoms with van der Waals surface area (Å²) in [6.07, 6.45) is 0. The summed E-state index contributed by atoms with van der Waals surface area (Å²) in [5.74, 6) is -0.335. The van der Waals surface area contributed by atoms with Gasteiger partial charge in [-0.1, -0.05) is 6.07 Å². The predicted octanol–water partition coefficient (Wildman–Crippen LogP) is 3.89. The van der Waals surface area contributed by atoms with Crippen molar-refractivity contribution in [1.29, 1.82) is 0 Å². The summed E-state index contributed by atoms with van der Waals surface area (Å²) in [7, 11) is -2.29. The van der Waals surface area contributed by atoms with Gasteiger partial charge in [-0.05, 0) is 66.7 Å². The molecule has 1 amide bonds. The summed E-state index contributed by atoms with van der Waals surface area (Å²) < 4.78 is 45.6. The zero-order chi connectivity index (χ0) is 20.1. The normalized spacial score (nSPS) is 10.9. The number of halogens is 1. The van der Waals surface area contributed by atoms with Crippen LogP contribution in [0.15, 0.2) is 77.7 Å². The van der Waals surface area contributed by atoms with E-state index in [2.05, 4.69) is 10.0 Å². The van der Waals surface area contributed by atoms with E-state index in [9.17, 15) is 17.6 Å². The summed E-state index contributed by atoms with van der Waals surface area (Å²) in [5, 5.41) is 2.55. The Balaban J connectivity index is 1.72. The van der Waals surface area contributed by atoms with Crippen LogP contribution < -0.4 is 14.8 Å². The zero-order valence-electron chi connectivity index (χ0n) is 14.8. The summed E-state index contributed by atoms with van der Waals surface area (Å²) >= 11 is 0. The third kappa shape index (κ3) is 4.66. The molecule has 0 aliphatic carbocycles. The molecule has 0 atom stereocenters. The molecule has 0 radical (unpaired) electrons. The van der Waals surface area contributed by atoms with Gasteiger partial charge >= 0.3 is 0 Å². The fourth-order valence-electron chi connectivity index (χ4n) is 2.43. The fraction of sp³-hybridized carbons (Fsp3) is 0.0500. The average Bonchev–Trinajstić information content (AvgIpc) is 2.68. The van der Waals surface area contributed by atoms with Gasteiger partial charge in [0.25, 0.3) is 15.9 Å². The molecule has 0 heterocycles. The number of sulfonamides is 1. The Morgan fingerprint density at radius 3 is 2.21 bits per heavy atom. The monoisotopic (exact) mass is 400 g/mol. The zero-order valence-corrected chi connectivity index (χ0v) is 15.7. The van der Waals surface area contributed by atoms with Crippen LogP contribution in [0.2, 0.25) is 0 Å². The summed E-state index contributed by atoms with van der Waals surface area (Å²) in [6.45, 7) is 0. The molecule has 3 rings (SSSR count). The topological polar surface area (TPSA) is 84.5 Å². The Kier molecular flexibility index (Phi) is 5.60. The van der Waals surface area contributed by atoms with E-state index in [0.29, 0.717) is 17.1 Å². The van der Waals surface area contributed by atoms with Gasteiger partial charge in [-0.15, -0.1) is 0 Å². The Bertz CT molecular complexity index is 1080. The van der Waals surface area contributed by atoms with Crippen LogP contribution in [0.25, 0.3) is 0 Å². The Morgan fingerprint density at radius 2 is 1.61 bits per heavy atom. The maximum atomic E-state index is 13.2. The second-order valence-corrected chi connectivity index (χ2v) is 7.51. The van der Waals surface area contributed by atoms with Crippen molar-refractivity contribution in [2.24, 2.45) is 0 Å². The van der Waals surface area contributed by atoms with Crippen molar-refractivity contribution < 1.29 is 22.3 Å². The molecule has 0 aromatic heterocycles. The van der Waals surface area contributed by atoms with Crippen molar-refractivity contribution >= 4 is 27.3 Å². The van der Waals surface area contributed by atoms with E-state index in [1.807, 2.05) is 0 Å². The van der Waals surface area contributed by atoms with Gasteiger partial charge in [-0.2, -0.15) is 0 Å². The number of ether oxygens (including phenoxy) is 1. The summed E-state index contributed by atoms with van der Waals surface area (Å²) in [6, 6.07) is 17.3. The third-order valence-electron chi connectivity index (χ3n) is 3.85. The largest absolute Gasteiger partial charge is 0.497 e. The molecule has 144 valence electrons. The Hall–Kier alpha value is -3.39. The van der Waals surface area contributed by atoms with E-state index in [1.165, 1.54) is 49.6 Å². The van der Waals surface area contributed by atoms with E-state index < -0.39 is 21.7 Å². The lowest BCUT2D eigenvalue weighted by molar-refractivity contribution is 0.102. The lowest BCUT2D eigenvalue weighted by Gasteiger charge is -2.10. The SMILES string of the molecule is COc1ccc(NS(=O)(=O)c2ccc(C(=O)Nc3cccc(F)c3)cc2)cc1. The van der Waals surface area contributed by atoms with Crippen LogP contribution in [0.3, 0.4) is 0 Å². The minimum Gasteiger partial charge on any atom is -0.497 e. The number of carbonyl (C=O) groups is 1. The Labute approximate surface area is 162 Å². The molecular formula is C20H17FN2O4S. The van der Waals surface area contributed by atoms with Gasteiger partial charge in [0.15, 0.2) is 0 Å². The van der Waals surface area contributed by atoms with Crippen molar-refractivity contribution in [2.45, 2.75) is 4.90 Å². The van der Waals surface area contributed by atoms with E-state index >= 15 is 0 Å². The van der Waals surface area contributed by atoms with Gasteiger partial charge in [-0.25, -0.2) is 12.8 Å². The predicted molar refractivity (Wildman–Crippen MR) is 105 cm³/mol.